The summed E-state index contributed by atoms with van der Waals surface area (Å²) in [6.45, 7) is 0.291. The van der Waals surface area contributed by atoms with Crippen molar-refractivity contribution in [1.29, 1.82) is 0 Å². The fourth-order valence-electron chi connectivity index (χ4n) is 2.42. The average Bonchev–Trinajstić information content (AvgIpc) is 2.61. The maximum atomic E-state index is 12.3. The van der Waals surface area contributed by atoms with Crippen LogP contribution in [0.25, 0.3) is 10.8 Å². The van der Waals surface area contributed by atoms with Crippen LogP contribution in [-0.2, 0) is 10.0 Å². The van der Waals surface area contributed by atoms with E-state index in [0.29, 0.717) is 10.8 Å². The number of rotatable bonds is 6. The minimum absolute atomic E-state index is 0.0492. The summed E-state index contributed by atoms with van der Waals surface area (Å²) in [5.41, 5.74) is 0. The van der Waals surface area contributed by atoms with Gasteiger partial charge in [0.05, 0.1) is 5.02 Å². The molecule has 0 unspecified atom stereocenters. The molecule has 3 aromatic rings. The zero-order valence-corrected chi connectivity index (χ0v) is 15.4. The summed E-state index contributed by atoms with van der Waals surface area (Å²) in [6, 6.07) is 17.9. The lowest BCUT2D eigenvalue weighted by atomic mass is 10.1. The number of sulfonamides is 1. The van der Waals surface area contributed by atoms with E-state index >= 15 is 0 Å². The molecule has 0 aliphatic carbocycles. The number of nitrogens with one attached hydrogen (secondary N) is 1. The smallest absolute Gasteiger partial charge is 0.242 e. The van der Waals surface area contributed by atoms with E-state index in [-0.39, 0.29) is 23.1 Å². The zero-order chi connectivity index (χ0) is 17.9. The Hall–Kier alpha value is -1.79. The summed E-state index contributed by atoms with van der Waals surface area (Å²) in [6.07, 6.45) is 0. The van der Waals surface area contributed by atoms with Gasteiger partial charge in [-0.2, -0.15) is 0 Å². The van der Waals surface area contributed by atoms with Gasteiger partial charge in [0.2, 0.25) is 10.0 Å². The zero-order valence-electron chi connectivity index (χ0n) is 13.1. The van der Waals surface area contributed by atoms with Crippen molar-refractivity contribution in [3.05, 3.63) is 70.7 Å². The summed E-state index contributed by atoms with van der Waals surface area (Å²) in [7, 11) is -3.76. The molecule has 0 amide bonds. The molecular weight excluding hydrogens is 381 g/mol. The molecule has 7 heteroatoms. The van der Waals surface area contributed by atoms with Gasteiger partial charge in [0.25, 0.3) is 0 Å². The second-order valence-corrected chi connectivity index (χ2v) is 7.88. The topological polar surface area (TPSA) is 55.4 Å². The molecule has 0 atom stereocenters. The lowest BCUT2D eigenvalue weighted by Crippen LogP contribution is -2.28. The third-order valence-corrected chi connectivity index (χ3v) is 5.76. The highest BCUT2D eigenvalue weighted by Crippen LogP contribution is 2.26. The predicted molar refractivity (Wildman–Crippen MR) is 101 cm³/mol. The maximum absolute atomic E-state index is 12.3. The molecule has 1 N–H and O–H groups in total. The second-order valence-electron chi connectivity index (χ2n) is 5.30. The van der Waals surface area contributed by atoms with Crippen LogP contribution in [0, 0.1) is 0 Å². The van der Waals surface area contributed by atoms with Gasteiger partial charge in [0, 0.05) is 17.0 Å². The summed E-state index contributed by atoms with van der Waals surface area (Å²) in [5.74, 6) is 0.707. The number of ether oxygens (including phenoxy) is 1. The molecule has 0 aromatic heterocycles. The quantitative estimate of drug-likeness (QED) is 0.624. The van der Waals surface area contributed by atoms with Gasteiger partial charge in [0.15, 0.2) is 0 Å². The lowest BCUT2D eigenvalue weighted by molar-refractivity contribution is 0.326. The number of hydrogen-bond donors (Lipinski definition) is 1. The average molecular weight is 396 g/mol. The van der Waals surface area contributed by atoms with Crippen LogP contribution in [0.2, 0.25) is 10.0 Å². The van der Waals surface area contributed by atoms with Crippen molar-refractivity contribution >= 4 is 44.0 Å². The van der Waals surface area contributed by atoms with Crippen molar-refractivity contribution in [2.45, 2.75) is 4.90 Å². The minimum Gasteiger partial charge on any atom is -0.492 e. The van der Waals surface area contributed by atoms with E-state index in [9.17, 15) is 8.42 Å². The van der Waals surface area contributed by atoms with Crippen LogP contribution in [-0.4, -0.2) is 21.6 Å². The van der Waals surface area contributed by atoms with Crippen LogP contribution >= 0.6 is 23.2 Å². The van der Waals surface area contributed by atoms with Crippen LogP contribution in [0.4, 0.5) is 0 Å². The van der Waals surface area contributed by atoms with E-state index in [4.69, 9.17) is 27.9 Å². The van der Waals surface area contributed by atoms with Crippen LogP contribution in [0.3, 0.4) is 0 Å². The number of hydrogen-bond acceptors (Lipinski definition) is 3. The van der Waals surface area contributed by atoms with E-state index in [0.717, 1.165) is 10.8 Å². The highest BCUT2D eigenvalue weighted by atomic mass is 35.5. The molecule has 0 saturated heterocycles. The van der Waals surface area contributed by atoms with Crippen molar-refractivity contribution in [3.8, 4) is 5.75 Å². The predicted octanol–water partition coefficient (Wildman–Crippen LogP) is 4.50. The Morgan fingerprint density at radius 1 is 0.960 bits per heavy atom. The molecular formula is C18H15Cl2NO3S. The molecule has 25 heavy (non-hydrogen) atoms. The van der Waals surface area contributed by atoms with E-state index in [1.807, 2.05) is 42.5 Å². The van der Waals surface area contributed by atoms with Gasteiger partial charge in [-0.05, 0) is 29.7 Å². The fourth-order valence-corrected chi connectivity index (χ4v) is 4.19. The van der Waals surface area contributed by atoms with E-state index in [1.54, 1.807) is 0 Å². The number of benzene rings is 3. The molecule has 0 saturated carbocycles. The van der Waals surface area contributed by atoms with Gasteiger partial charge in [0.1, 0.15) is 17.3 Å². The van der Waals surface area contributed by atoms with Gasteiger partial charge < -0.3 is 4.74 Å². The van der Waals surface area contributed by atoms with Crippen molar-refractivity contribution in [1.82, 2.24) is 4.72 Å². The first kappa shape index (κ1) is 18.0. The first-order valence-corrected chi connectivity index (χ1v) is 9.76. The molecule has 4 nitrogen and oxygen atoms in total. The Morgan fingerprint density at radius 3 is 2.56 bits per heavy atom. The van der Waals surface area contributed by atoms with Crippen molar-refractivity contribution < 1.29 is 13.2 Å². The van der Waals surface area contributed by atoms with Gasteiger partial charge in [-0.3, -0.25) is 0 Å². The standard InChI is InChI=1S/C18H15Cl2NO3S/c19-14-8-9-16(20)18(12-14)25(22,23)21-10-11-24-17-7-3-5-13-4-1-2-6-15(13)17/h1-9,12,21H,10-11H2. The normalized spacial score (nSPS) is 11.6. The molecule has 0 spiro atoms. The Bertz CT molecular complexity index is 1000. The van der Waals surface area contributed by atoms with Gasteiger partial charge in [-0.1, -0.05) is 59.6 Å². The first-order chi connectivity index (χ1) is 12.0. The van der Waals surface area contributed by atoms with Crippen LogP contribution < -0.4 is 9.46 Å². The molecule has 130 valence electrons. The Labute approximate surface area is 156 Å². The van der Waals surface area contributed by atoms with E-state index in [2.05, 4.69) is 4.72 Å². The summed E-state index contributed by atoms with van der Waals surface area (Å²) in [4.78, 5) is -0.0492. The van der Waals surface area contributed by atoms with E-state index < -0.39 is 10.0 Å². The van der Waals surface area contributed by atoms with Crippen LogP contribution in [0.15, 0.2) is 65.6 Å². The number of fused-ring (bicyclic) bond motifs is 1. The fraction of sp³-hybridized carbons (Fsp3) is 0.111. The Morgan fingerprint density at radius 2 is 1.72 bits per heavy atom. The molecule has 0 aliphatic heterocycles. The highest BCUT2D eigenvalue weighted by molar-refractivity contribution is 7.89. The third-order valence-electron chi connectivity index (χ3n) is 3.58. The van der Waals surface area contributed by atoms with Gasteiger partial charge in [-0.15, -0.1) is 0 Å². The van der Waals surface area contributed by atoms with Crippen LogP contribution in [0.5, 0.6) is 5.75 Å². The molecule has 0 heterocycles. The molecule has 3 rings (SSSR count). The van der Waals surface area contributed by atoms with Crippen molar-refractivity contribution in [2.24, 2.45) is 0 Å². The Balaban J connectivity index is 1.65. The van der Waals surface area contributed by atoms with Crippen LogP contribution in [0.1, 0.15) is 0 Å². The lowest BCUT2D eigenvalue weighted by Gasteiger charge is -2.11. The van der Waals surface area contributed by atoms with Gasteiger partial charge in [-0.25, -0.2) is 13.1 Å². The molecule has 0 radical (unpaired) electrons. The highest BCUT2D eigenvalue weighted by Gasteiger charge is 2.18. The van der Waals surface area contributed by atoms with Crippen molar-refractivity contribution in [3.63, 3.8) is 0 Å². The Kier molecular flexibility index (Phi) is 5.49. The number of halogens is 2. The first-order valence-electron chi connectivity index (χ1n) is 7.53. The summed E-state index contributed by atoms with van der Waals surface area (Å²) in [5, 5.41) is 2.46. The largest absolute Gasteiger partial charge is 0.492 e. The minimum atomic E-state index is -3.76. The molecule has 3 aromatic carbocycles. The van der Waals surface area contributed by atoms with Crippen molar-refractivity contribution in [2.75, 3.05) is 13.2 Å². The van der Waals surface area contributed by atoms with Gasteiger partial charge >= 0.3 is 0 Å². The summed E-state index contributed by atoms with van der Waals surface area (Å²) >= 11 is 11.8. The second kappa shape index (κ2) is 7.62. The molecule has 0 aliphatic rings. The third kappa shape index (κ3) is 4.25. The SMILES string of the molecule is O=S(=O)(NCCOc1cccc2ccccc12)c1cc(Cl)ccc1Cl. The molecule has 0 fully saturated rings. The molecule has 0 bridgehead atoms. The maximum Gasteiger partial charge on any atom is 0.242 e. The van der Waals surface area contributed by atoms with E-state index in [1.165, 1.54) is 18.2 Å². The monoisotopic (exact) mass is 395 g/mol. The summed E-state index contributed by atoms with van der Waals surface area (Å²) < 4.78 is 32.8.